The van der Waals surface area contributed by atoms with Gasteiger partial charge in [0.15, 0.2) is 6.29 Å². The molecule has 0 radical (unpaired) electrons. The number of hydrogen-bond acceptors (Lipinski definition) is 5. The summed E-state index contributed by atoms with van der Waals surface area (Å²) in [4.78, 5) is 12.4. The van der Waals surface area contributed by atoms with Crippen LogP contribution in [-0.4, -0.2) is 31.2 Å². The molecule has 0 spiro atoms. The molecule has 38 heavy (non-hydrogen) atoms. The van der Waals surface area contributed by atoms with E-state index < -0.39 is 18.3 Å². The van der Waals surface area contributed by atoms with Gasteiger partial charge in [-0.15, -0.1) is 0 Å². The summed E-state index contributed by atoms with van der Waals surface area (Å²) in [7, 11) is 0. The smallest absolute Gasteiger partial charge is 0.151 e. The molecule has 0 bridgehead atoms. The van der Waals surface area contributed by atoms with E-state index in [2.05, 4.69) is 0 Å². The fraction of sp³-hybridized carbons (Fsp3) is 0.242. The molecular formula is C33H34O5. The van der Waals surface area contributed by atoms with Crippen molar-refractivity contribution in [3.05, 3.63) is 144 Å². The summed E-state index contributed by atoms with van der Waals surface area (Å²) in [6.07, 6.45) is -1.28. The van der Waals surface area contributed by atoms with Gasteiger partial charge in [-0.1, -0.05) is 121 Å². The van der Waals surface area contributed by atoms with Gasteiger partial charge in [0, 0.05) is 0 Å². The number of benzene rings is 4. The Balaban J connectivity index is 1.52. The third-order valence-electron chi connectivity index (χ3n) is 6.10. The minimum atomic E-state index is -0.847. The third kappa shape index (κ3) is 9.05. The maximum absolute atomic E-state index is 12.4. The second kappa shape index (κ2) is 15.6. The van der Waals surface area contributed by atoms with Crippen LogP contribution in [0, 0.1) is 0 Å². The molecule has 4 rings (SSSR count). The van der Waals surface area contributed by atoms with E-state index in [9.17, 15) is 4.79 Å². The van der Waals surface area contributed by atoms with Gasteiger partial charge in [0.25, 0.3) is 0 Å². The van der Waals surface area contributed by atoms with Crippen molar-refractivity contribution in [3.63, 3.8) is 0 Å². The first kappa shape index (κ1) is 27.4. The minimum absolute atomic E-state index is 0.236. The third-order valence-corrected chi connectivity index (χ3v) is 6.10. The normalized spacial score (nSPS) is 13.5. The Morgan fingerprint density at radius 2 is 0.895 bits per heavy atom. The van der Waals surface area contributed by atoms with E-state index in [1.54, 1.807) is 0 Å². The van der Waals surface area contributed by atoms with Crippen molar-refractivity contribution in [1.82, 2.24) is 0 Å². The van der Waals surface area contributed by atoms with Crippen LogP contribution in [0.5, 0.6) is 0 Å². The molecule has 0 amide bonds. The van der Waals surface area contributed by atoms with Gasteiger partial charge < -0.3 is 23.7 Å². The van der Waals surface area contributed by atoms with Crippen LogP contribution >= 0.6 is 0 Å². The Kier molecular flexibility index (Phi) is 11.3. The molecule has 0 saturated carbocycles. The molecule has 4 aromatic carbocycles. The van der Waals surface area contributed by atoms with Crippen LogP contribution in [-0.2, 0) is 50.2 Å². The molecule has 0 aliphatic heterocycles. The van der Waals surface area contributed by atoms with Gasteiger partial charge in [-0.2, -0.15) is 0 Å². The molecule has 0 saturated heterocycles. The fourth-order valence-electron chi connectivity index (χ4n) is 4.04. The summed E-state index contributed by atoms with van der Waals surface area (Å²) in [5, 5.41) is 0. The highest BCUT2D eigenvalue weighted by Crippen LogP contribution is 2.19. The maximum Gasteiger partial charge on any atom is 0.151 e. The summed E-state index contributed by atoms with van der Waals surface area (Å²) in [6, 6.07) is 39.5. The number of aldehydes is 1. The minimum Gasteiger partial charge on any atom is -0.374 e. The zero-order chi connectivity index (χ0) is 26.3. The van der Waals surface area contributed by atoms with E-state index in [-0.39, 0.29) is 13.2 Å². The highest BCUT2D eigenvalue weighted by atomic mass is 16.6. The van der Waals surface area contributed by atoms with Gasteiger partial charge in [0.2, 0.25) is 0 Å². The van der Waals surface area contributed by atoms with Gasteiger partial charge in [-0.05, 0) is 22.3 Å². The lowest BCUT2D eigenvalue weighted by molar-refractivity contribution is -0.169. The summed E-state index contributed by atoms with van der Waals surface area (Å²) in [5.41, 5.74) is 4.05. The number of rotatable bonds is 16. The van der Waals surface area contributed by atoms with E-state index >= 15 is 0 Å². The van der Waals surface area contributed by atoms with Crippen molar-refractivity contribution in [3.8, 4) is 0 Å². The zero-order valence-corrected chi connectivity index (χ0v) is 21.4. The Labute approximate surface area is 225 Å². The summed E-state index contributed by atoms with van der Waals surface area (Å²) >= 11 is 0. The van der Waals surface area contributed by atoms with E-state index in [1.165, 1.54) is 0 Å². The second-order valence-electron chi connectivity index (χ2n) is 8.99. The first-order chi connectivity index (χ1) is 18.8. The van der Waals surface area contributed by atoms with Crippen molar-refractivity contribution < 1.29 is 23.7 Å². The van der Waals surface area contributed by atoms with Gasteiger partial charge in [0.05, 0.1) is 33.0 Å². The number of carbonyl (C=O) groups excluding carboxylic acids is 1. The lowest BCUT2D eigenvalue weighted by Crippen LogP contribution is -2.45. The van der Waals surface area contributed by atoms with Crippen LogP contribution in [0.25, 0.3) is 0 Å². The monoisotopic (exact) mass is 510 g/mol. The first-order valence-electron chi connectivity index (χ1n) is 12.9. The van der Waals surface area contributed by atoms with Gasteiger partial charge in [-0.3, -0.25) is 0 Å². The second-order valence-corrected chi connectivity index (χ2v) is 8.99. The van der Waals surface area contributed by atoms with Gasteiger partial charge in [-0.25, -0.2) is 0 Å². The van der Waals surface area contributed by atoms with E-state index in [0.717, 1.165) is 28.5 Å². The van der Waals surface area contributed by atoms with Crippen LogP contribution in [0.4, 0.5) is 0 Å². The molecule has 0 heterocycles. The van der Waals surface area contributed by atoms with Crippen LogP contribution in [0.15, 0.2) is 121 Å². The van der Waals surface area contributed by atoms with E-state index in [1.807, 2.05) is 121 Å². The van der Waals surface area contributed by atoms with Crippen LogP contribution in [0.1, 0.15) is 22.3 Å². The molecule has 0 aliphatic carbocycles. The van der Waals surface area contributed by atoms with Gasteiger partial charge >= 0.3 is 0 Å². The summed E-state index contributed by atoms with van der Waals surface area (Å²) < 4.78 is 24.9. The predicted molar refractivity (Wildman–Crippen MR) is 147 cm³/mol. The Bertz CT molecular complexity index is 1170. The quantitative estimate of drug-likeness (QED) is 0.169. The Hall–Kier alpha value is -3.61. The van der Waals surface area contributed by atoms with Crippen molar-refractivity contribution in [2.45, 2.75) is 44.7 Å². The standard InChI is InChI=1S/C33H34O5/c34-21-31(36-23-28-15-7-2-8-16-28)33(38-25-30-19-11-4-12-20-30)32(37-24-29-17-9-3-10-18-29)26-35-22-27-13-5-1-6-14-27/h1-21,31-33H,22-26H2/t31-,32-,33-/m1/s1. The van der Waals surface area contributed by atoms with Crippen molar-refractivity contribution in [2.24, 2.45) is 0 Å². The molecular weight excluding hydrogens is 476 g/mol. The van der Waals surface area contributed by atoms with Crippen LogP contribution in [0.3, 0.4) is 0 Å². The zero-order valence-electron chi connectivity index (χ0n) is 21.4. The van der Waals surface area contributed by atoms with Crippen molar-refractivity contribution >= 4 is 6.29 Å². The van der Waals surface area contributed by atoms with Crippen molar-refractivity contribution in [1.29, 1.82) is 0 Å². The molecule has 0 N–H and O–H groups in total. The van der Waals surface area contributed by atoms with Gasteiger partial charge in [0.1, 0.15) is 18.3 Å². The molecule has 5 heteroatoms. The molecule has 0 aliphatic rings. The molecule has 3 atom stereocenters. The van der Waals surface area contributed by atoms with Crippen LogP contribution < -0.4 is 0 Å². The molecule has 196 valence electrons. The van der Waals surface area contributed by atoms with E-state index in [4.69, 9.17) is 18.9 Å². The number of hydrogen-bond donors (Lipinski definition) is 0. The molecule has 0 unspecified atom stereocenters. The molecule has 4 aromatic rings. The predicted octanol–water partition coefficient (Wildman–Crippen LogP) is 6.16. The molecule has 5 nitrogen and oxygen atoms in total. The van der Waals surface area contributed by atoms with E-state index in [0.29, 0.717) is 19.8 Å². The number of ether oxygens (including phenoxy) is 4. The lowest BCUT2D eigenvalue weighted by atomic mass is 10.1. The maximum atomic E-state index is 12.4. The first-order valence-corrected chi connectivity index (χ1v) is 12.9. The molecule has 0 aromatic heterocycles. The largest absolute Gasteiger partial charge is 0.374 e. The Morgan fingerprint density at radius 3 is 1.34 bits per heavy atom. The summed E-state index contributed by atoms with van der Waals surface area (Å²) in [6.45, 7) is 1.62. The fourth-order valence-corrected chi connectivity index (χ4v) is 4.04. The average molecular weight is 511 g/mol. The lowest BCUT2D eigenvalue weighted by Gasteiger charge is -2.31. The highest BCUT2D eigenvalue weighted by molar-refractivity contribution is 5.57. The van der Waals surface area contributed by atoms with Crippen molar-refractivity contribution in [2.75, 3.05) is 6.61 Å². The van der Waals surface area contributed by atoms with Crippen LogP contribution in [0.2, 0.25) is 0 Å². The average Bonchev–Trinajstić information content (AvgIpc) is 2.99. The number of carbonyl (C=O) groups is 1. The SMILES string of the molecule is O=C[C@@H](OCc1ccccc1)[C@@H](OCc1ccccc1)[C@@H](COCc1ccccc1)OCc1ccccc1. The Morgan fingerprint density at radius 1 is 0.500 bits per heavy atom. The summed E-state index contributed by atoms with van der Waals surface area (Å²) in [5.74, 6) is 0. The molecule has 0 fully saturated rings. The highest BCUT2D eigenvalue weighted by Gasteiger charge is 2.33. The topological polar surface area (TPSA) is 54.0 Å².